The number of methoxy groups -OCH3 is 1. The number of benzene rings is 2. The van der Waals surface area contributed by atoms with E-state index in [9.17, 15) is 14.9 Å². The van der Waals surface area contributed by atoms with Gasteiger partial charge in [0.25, 0.3) is 11.6 Å². The molecule has 0 heterocycles. The van der Waals surface area contributed by atoms with Gasteiger partial charge in [-0.3, -0.25) is 14.9 Å². The number of halogens is 3. The molecule has 160 valence electrons. The van der Waals surface area contributed by atoms with E-state index in [1.54, 1.807) is 24.3 Å². The SMILES string of the molecule is COc1ccc(NC(=S)N[C@H](NC(=O)c2ccc(C)cc2)C(Cl)(Cl)Cl)c([N+](=O)[O-])c1. The van der Waals surface area contributed by atoms with Gasteiger partial charge in [-0.2, -0.15) is 0 Å². The molecule has 1 atom stereocenters. The second kappa shape index (κ2) is 10.1. The van der Waals surface area contributed by atoms with Crippen LogP contribution in [0.2, 0.25) is 0 Å². The van der Waals surface area contributed by atoms with Crippen LogP contribution in [-0.4, -0.2) is 33.0 Å². The minimum Gasteiger partial charge on any atom is -0.496 e. The fourth-order valence-electron chi connectivity index (χ4n) is 2.30. The number of amides is 1. The van der Waals surface area contributed by atoms with Gasteiger partial charge in [0.2, 0.25) is 3.79 Å². The van der Waals surface area contributed by atoms with Gasteiger partial charge in [0.15, 0.2) is 5.11 Å². The maximum absolute atomic E-state index is 12.5. The van der Waals surface area contributed by atoms with Crippen molar-refractivity contribution in [2.24, 2.45) is 0 Å². The van der Waals surface area contributed by atoms with Crippen LogP contribution >= 0.6 is 47.0 Å². The number of hydrogen-bond acceptors (Lipinski definition) is 5. The first kappa shape index (κ1) is 23.9. The number of nitrogens with one attached hydrogen (secondary N) is 3. The van der Waals surface area contributed by atoms with Gasteiger partial charge in [0.1, 0.15) is 17.6 Å². The molecule has 0 saturated carbocycles. The fourth-order valence-corrected chi connectivity index (χ4v) is 2.86. The molecule has 0 spiro atoms. The van der Waals surface area contributed by atoms with Crippen LogP contribution in [0.3, 0.4) is 0 Å². The molecule has 0 aromatic heterocycles. The molecule has 2 aromatic rings. The number of carbonyl (C=O) groups is 1. The summed E-state index contributed by atoms with van der Waals surface area (Å²) in [5, 5.41) is 19.0. The Labute approximate surface area is 193 Å². The highest BCUT2D eigenvalue weighted by atomic mass is 35.6. The molecular weight excluding hydrogens is 475 g/mol. The predicted molar refractivity (Wildman–Crippen MR) is 122 cm³/mol. The molecule has 12 heteroatoms. The van der Waals surface area contributed by atoms with Crippen LogP contribution in [-0.2, 0) is 0 Å². The number of thiocarbonyl (C=S) groups is 1. The minimum absolute atomic E-state index is 0.0891. The number of nitro groups is 1. The van der Waals surface area contributed by atoms with Crippen LogP contribution in [0.4, 0.5) is 11.4 Å². The number of hydrogen-bond donors (Lipinski definition) is 3. The monoisotopic (exact) mass is 490 g/mol. The average molecular weight is 492 g/mol. The maximum Gasteiger partial charge on any atom is 0.296 e. The standard InChI is InChI=1S/C18H17Cl3N4O4S/c1-10-3-5-11(6-4-10)15(26)23-16(18(19,20)21)24-17(30)22-13-8-7-12(29-2)9-14(13)25(27)28/h3-9,16H,1-2H3,(H,23,26)(H2,22,24,30)/t16-/m0/s1. The summed E-state index contributed by atoms with van der Waals surface area (Å²) in [6, 6.07) is 10.9. The Morgan fingerprint density at radius 2 is 1.80 bits per heavy atom. The van der Waals surface area contributed by atoms with Gasteiger partial charge < -0.3 is 20.7 Å². The summed E-state index contributed by atoms with van der Waals surface area (Å²) in [5.74, 6) is -0.201. The second-order valence-corrected chi connectivity index (χ2v) is 8.83. The molecule has 0 unspecified atom stereocenters. The Morgan fingerprint density at radius 3 is 2.33 bits per heavy atom. The van der Waals surface area contributed by atoms with E-state index in [0.29, 0.717) is 11.3 Å². The van der Waals surface area contributed by atoms with E-state index in [-0.39, 0.29) is 16.5 Å². The van der Waals surface area contributed by atoms with Crippen LogP contribution < -0.4 is 20.7 Å². The first-order valence-corrected chi connectivity index (χ1v) is 9.89. The van der Waals surface area contributed by atoms with Gasteiger partial charge in [-0.15, -0.1) is 0 Å². The topological polar surface area (TPSA) is 106 Å². The predicted octanol–water partition coefficient (Wildman–Crippen LogP) is 4.32. The van der Waals surface area contributed by atoms with E-state index < -0.39 is 20.8 Å². The van der Waals surface area contributed by atoms with Crippen LogP contribution in [0.5, 0.6) is 5.75 Å². The molecule has 0 aliphatic rings. The summed E-state index contributed by atoms with van der Waals surface area (Å²) in [7, 11) is 1.39. The van der Waals surface area contributed by atoms with Gasteiger partial charge in [0.05, 0.1) is 18.1 Å². The summed E-state index contributed by atoms with van der Waals surface area (Å²) in [5.41, 5.74) is 1.15. The number of alkyl halides is 3. The lowest BCUT2D eigenvalue weighted by molar-refractivity contribution is -0.384. The summed E-state index contributed by atoms with van der Waals surface area (Å²) >= 11 is 23.1. The first-order chi connectivity index (χ1) is 14.0. The number of nitrogens with zero attached hydrogens (tertiary/aromatic N) is 1. The normalized spacial score (nSPS) is 11.9. The van der Waals surface area contributed by atoms with Gasteiger partial charge in [0, 0.05) is 5.56 Å². The van der Waals surface area contributed by atoms with Crippen molar-refractivity contribution in [3.63, 3.8) is 0 Å². The van der Waals surface area contributed by atoms with Crippen molar-refractivity contribution < 1.29 is 14.5 Å². The van der Waals surface area contributed by atoms with Crippen LogP contribution in [0, 0.1) is 17.0 Å². The lowest BCUT2D eigenvalue weighted by Crippen LogP contribution is -2.56. The van der Waals surface area contributed by atoms with E-state index in [1.165, 1.54) is 25.3 Å². The second-order valence-electron chi connectivity index (χ2n) is 6.05. The zero-order valence-electron chi connectivity index (χ0n) is 15.7. The van der Waals surface area contributed by atoms with Crippen LogP contribution in [0.15, 0.2) is 42.5 Å². The Morgan fingerprint density at radius 1 is 1.17 bits per heavy atom. The minimum atomic E-state index is -1.97. The van der Waals surface area contributed by atoms with Crippen molar-refractivity contribution in [3.8, 4) is 5.75 Å². The summed E-state index contributed by atoms with van der Waals surface area (Å²) < 4.78 is 3.01. The van der Waals surface area contributed by atoms with E-state index in [2.05, 4.69) is 16.0 Å². The molecule has 3 N–H and O–H groups in total. The smallest absolute Gasteiger partial charge is 0.296 e. The van der Waals surface area contributed by atoms with Gasteiger partial charge in [-0.1, -0.05) is 52.5 Å². The van der Waals surface area contributed by atoms with Crippen molar-refractivity contribution in [2.75, 3.05) is 12.4 Å². The largest absolute Gasteiger partial charge is 0.496 e. The van der Waals surface area contributed by atoms with E-state index in [0.717, 1.165) is 5.56 Å². The van der Waals surface area contributed by atoms with Gasteiger partial charge in [-0.25, -0.2) is 0 Å². The first-order valence-electron chi connectivity index (χ1n) is 8.35. The van der Waals surface area contributed by atoms with Gasteiger partial charge >= 0.3 is 0 Å². The molecule has 0 aliphatic carbocycles. The molecule has 0 aliphatic heterocycles. The number of ether oxygens (including phenoxy) is 1. The van der Waals surface area contributed by atoms with E-state index in [1.807, 2.05) is 6.92 Å². The third kappa shape index (κ3) is 6.60. The molecule has 8 nitrogen and oxygen atoms in total. The van der Waals surface area contributed by atoms with Crippen molar-refractivity contribution in [3.05, 3.63) is 63.7 Å². The molecule has 0 bridgehead atoms. The number of carbonyl (C=O) groups excluding carboxylic acids is 1. The van der Waals surface area contributed by atoms with Crippen molar-refractivity contribution in [1.29, 1.82) is 0 Å². The van der Waals surface area contributed by atoms with E-state index >= 15 is 0 Å². The molecule has 30 heavy (non-hydrogen) atoms. The highest BCUT2D eigenvalue weighted by Gasteiger charge is 2.35. The third-order valence-electron chi connectivity index (χ3n) is 3.84. The van der Waals surface area contributed by atoms with Crippen molar-refractivity contribution in [1.82, 2.24) is 10.6 Å². The summed E-state index contributed by atoms with van der Waals surface area (Å²) in [6.07, 6.45) is -1.23. The Kier molecular flexibility index (Phi) is 8.08. The molecule has 0 saturated heterocycles. The lowest BCUT2D eigenvalue weighted by atomic mass is 10.1. The number of aryl methyl sites for hydroxylation is 1. The lowest BCUT2D eigenvalue weighted by Gasteiger charge is -2.27. The Hall–Kier alpha value is -2.33. The third-order valence-corrected chi connectivity index (χ3v) is 4.72. The summed E-state index contributed by atoms with van der Waals surface area (Å²) in [4.78, 5) is 23.2. The van der Waals surface area contributed by atoms with Crippen molar-refractivity contribution >= 4 is 69.4 Å². The Bertz CT molecular complexity index is 951. The van der Waals surface area contributed by atoms with Gasteiger partial charge in [-0.05, 0) is 43.4 Å². The summed E-state index contributed by atoms with van der Waals surface area (Å²) in [6.45, 7) is 1.88. The number of rotatable bonds is 6. The number of nitro benzene ring substituents is 1. The highest BCUT2D eigenvalue weighted by molar-refractivity contribution is 7.80. The maximum atomic E-state index is 12.5. The zero-order valence-corrected chi connectivity index (χ0v) is 18.8. The molecule has 2 rings (SSSR count). The molecule has 0 radical (unpaired) electrons. The average Bonchev–Trinajstić information content (AvgIpc) is 2.67. The highest BCUT2D eigenvalue weighted by Crippen LogP contribution is 2.31. The van der Waals surface area contributed by atoms with Crippen LogP contribution in [0.25, 0.3) is 0 Å². The van der Waals surface area contributed by atoms with E-state index in [4.69, 9.17) is 51.8 Å². The zero-order chi connectivity index (χ0) is 22.5. The molecule has 0 fully saturated rings. The molecular formula is C18H17Cl3N4O4S. The van der Waals surface area contributed by atoms with Crippen molar-refractivity contribution in [2.45, 2.75) is 16.9 Å². The molecule has 2 aromatic carbocycles. The van der Waals surface area contributed by atoms with Crippen LogP contribution in [0.1, 0.15) is 15.9 Å². The molecule has 1 amide bonds. The fraction of sp³-hybridized carbons (Fsp3) is 0.222. The quantitative estimate of drug-likeness (QED) is 0.182. The Balaban J connectivity index is 2.15. The number of anilines is 1.